The van der Waals surface area contributed by atoms with Gasteiger partial charge in [0.15, 0.2) is 0 Å². The highest BCUT2D eigenvalue weighted by molar-refractivity contribution is 5.60. The van der Waals surface area contributed by atoms with Crippen LogP contribution in [-0.4, -0.2) is 19.5 Å². The third-order valence-corrected chi connectivity index (χ3v) is 0.761. The first-order chi connectivity index (χ1) is 4.27. The van der Waals surface area contributed by atoms with Crippen LogP contribution in [0.25, 0.3) is 0 Å². The van der Waals surface area contributed by atoms with E-state index in [1.54, 1.807) is 0 Å². The van der Waals surface area contributed by atoms with Crippen LogP contribution in [0, 0.1) is 12.3 Å². The van der Waals surface area contributed by atoms with Crippen LogP contribution in [0.5, 0.6) is 0 Å². The summed E-state index contributed by atoms with van der Waals surface area (Å²) in [5.41, 5.74) is 0. The minimum atomic E-state index is 0.446. The van der Waals surface area contributed by atoms with E-state index >= 15 is 0 Å². The molecule has 53 valence electrons. The average Bonchev–Trinajstić information content (AvgIpc) is 1.80. The highest BCUT2D eigenvalue weighted by atomic mass is 16.5. The number of rotatable bonds is 5. The van der Waals surface area contributed by atoms with Crippen molar-refractivity contribution in [1.29, 1.82) is 0 Å². The van der Waals surface area contributed by atoms with Crippen LogP contribution in [0.15, 0.2) is 0 Å². The molecule has 0 saturated carbocycles. The molecule has 0 N–H and O–H groups in total. The summed E-state index contributed by atoms with van der Waals surface area (Å²) in [4.78, 5) is 9.71. The Labute approximate surface area is 56.2 Å². The lowest BCUT2D eigenvalue weighted by Crippen LogP contribution is -2.03. The van der Waals surface area contributed by atoms with Crippen molar-refractivity contribution in [1.82, 2.24) is 0 Å². The Bertz CT molecular complexity index is 69.3. The van der Waals surface area contributed by atoms with E-state index in [0.717, 1.165) is 12.9 Å². The van der Waals surface area contributed by atoms with Crippen molar-refractivity contribution in [2.24, 2.45) is 5.92 Å². The smallest absolute Gasteiger partial charge is 0.126 e. The van der Waals surface area contributed by atoms with Gasteiger partial charge in [0, 0.05) is 13.0 Å². The Balaban J connectivity index is 2.82. The first kappa shape index (κ1) is 8.63. The molecule has 1 radical (unpaired) electrons. The van der Waals surface area contributed by atoms with Crippen molar-refractivity contribution in [3.63, 3.8) is 0 Å². The molecule has 0 bridgehead atoms. The van der Waals surface area contributed by atoms with Crippen molar-refractivity contribution in [3.05, 3.63) is 6.42 Å². The lowest BCUT2D eigenvalue weighted by Gasteiger charge is -2.02. The fourth-order valence-electron chi connectivity index (χ4n) is 0.411. The zero-order chi connectivity index (χ0) is 7.11. The van der Waals surface area contributed by atoms with Gasteiger partial charge in [-0.1, -0.05) is 13.8 Å². The average molecular weight is 129 g/mol. The second-order valence-electron chi connectivity index (χ2n) is 2.30. The molecule has 0 fully saturated rings. The number of carbonyl (C=O) groups is 1. The molecule has 0 unspecified atom stereocenters. The van der Waals surface area contributed by atoms with E-state index in [1.807, 2.05) is 0 Å². The Morgan fingerprint density at radius 3 is 2.67 bits per heavy atom. The number of hydrogen-bond acceptors (Lipinski definition) is 2. The van der Waals surface area contributed by atoms with E-state index in [0.29, 0.717) is 12.5 Å². The number of aldehydes is 1. The molecule has 2 heteroatoms. The molecular weight excluding hydrogens is 116 g/mol. The molecule has 0 aliphatic heterocycles. The minimum Gasteiger partial charge on any atom is -0.380 e. The summed E-state index contributed by atoms with van der Waals surface area (Å²) in [5, 5.41) is 0. The van der Waals surface area contributed by atoms with E-state index in [9.17, 15) is 4.79 Å². The Morgan fingerprint density at radius 2 is 2.22 bits per heavy atom. The molecule has 0 aromatic carbocycles. The van der Waals surface area contributed by atoms with Gasteiger partial charge in [-0.2, -0.15) is 0 Å². The third-order valence-electron chi connectivity index (χ3n) is 0.761. The predicted octanol–water partition coefficient (Wildman–Crippen LogP) is 1.06. The Morgan fingerprint density at radius 1 is 1.56 bits per heavy atom. The van der Waals surface area contributed by atoms with Crippen molar-refractivity contribution >= 4 is 6.29 Å². The maximum Gasteiger partial charge on any atom is 0.126 e. The second kappa shape index (κ2) is 5.76. The number of hydrogen-bond donors (Lipinski definition) is 0. The van der Waals surface area contributed by atoms with Crippen LogP contribution in [0.3, 0.4) is 0 Å². The normalized spacial score (nSPS) is 10.1. The summed E-state index contributed by atoms with van der Waals surface area (Å²) in [6, 6.07) is 0. The molecule has 2 nitrogen and oxygen atoms in total. The van der Waals surface area contributed by atoms with E-state index in [1.165, 1.54) is 6.42 Å². The summed E-state index contributed by atoms with van der Waals surface area (Å²) in [6.45, 7) is 5.31. The van der Waals surface area contributed by atoms with Crippen molar-refractivity contribution in [2.45, 2.75) is 13.8 Å². The molecular formula is C7H13O2. The summed E-state index contributed by atoms with van der Waals surface area (Å²) in [5.74, 6) is 0.546. The molecule has 0 spiro atoms. The fraction of sp³-hybridized carbons (Fsp3) is 0.714. The summed E-state index contributed by atoms with van der Waals surface area (Å²) < 4.78 is 5.05. The SMILES string of the molecule is CC(C)COC[CH]C=O. The van der Waals surface area contributed by atoms with Gasteiger partial charge in [0.05, 0.1) is 6.61 Å². The second-order valence-corrected chi connectivity index (χ2v) is 2.30. The zero-order valence-electron chi connectivity index (χ0n) is 5.96. The quantitative estimate of drug-likeness (QED) is 0.410. The van der Waals surface area contributed by atoms with Gasteiger partial charge in [0.1, 0.15) is 6.29 Å². The molecule has 0 aliphatic carbocycles. The van der Waals surface area contributed by atoms with Crippen LogP contribution in [0.1, 0.15) is 13.8 Å². The molecule has 0 aliphatic rings. The lowest BCUT2D eigenvalue weighted by atomic mass is 10.2. The van der Waals surface area contributed by atoms with Gasteiger partial charge >= 0.3 is 0 Å². The third kappa shape index (κ3) is 7.63. The van der Waals surface area contributed by atoms with Gasteiger partial charge in [0.25, 0.3) is 0 Å². The summed E-state index contributed by atoms with van der Waals surface area (Å²) in [7, 11) is 0. The summed E-state index contributed by atoms with van der Waals surface area (Å²) in [6.07, 6.45) is 2.21. The maximum atomic E-state index is 9.71. The number of ether oxygens (including phenoxy) is 1. The van der Waals surface area contributed by atoms with E-state index < -0.39 is 0 Å². The van der Waals surface area contributed by atoms with Gasteiger partial charge in [-0.05, 0) is 5.92 Å². The molecule has 0 amide bonds. The Kier molecular flexibility index (Phi) is 5.52. The standard InChI is InChI=1S/C7H13O2/c1-7(2)6-9-5-3-4-8/h3-4,7H,5-6H2,1-2H3. The van der Waals surface area contributed by atoms with Crippen LogP contribution in [-0.2, 0) is 9.53 Å². The van der Waals surface area contributed by atoms with Crippen LogP contribution in [0.4, 0.5) is 0 Å². The van der Waals surface area contributed by atoms with Gasteiger partial charge in [-0.15, -0.1) is 0 Å². The number of carbonyl (C=O) groups excluding carboxylic acids is 1. The van der Waals surface area contributed by atoms with Gasteiger partial charge in [-0.25, -0.2) is 0 Å². The molecule has 0 aromatic heterocycles. The Hall–Kier alpha value is -0.370. The molecule has 0 saturated heterocycles. The van der Waals surface area contributed by atoms with Gasteiger partial charge in [-0.3, -0.25) is 0 Å². The van der Waals surface area contributed by atoms with Crippen molar-refractivity contribution in [3.8, 4) is 0 Å². The zero-order valence-corrected chi connectivity index (χ0v) is 5.96. The fourth-order valence-corrected chi connectivity index (χ4v) is 0.411. The largest absolute Gasteiger partial charge is 0.380 e. The van der Waals surface area contributed by atoms with Crippen molar-refractivity contribution in [2.75, 3.05) is 13.2 Å². The molecule has 0 rings (SSSR count). The minimum absolute atomic E-state index is 0.446. The lowest BCUT2D eigenvalue weighted by molar-refractivity contribution is -0.105. The maximum absolute atomic E-state index is 9.71. The van der Waals surface area contributed by atoms with Gasteiger partial charge < -0.3 is 9.53 Å². The topological polar surface area (TPSA) is 26.3 Å². The first-order valence-electron chi connectivity index (χ1n) is 3.12. The molecule has 0 aromatic rings. The predicted molar refractivity (Wildman–Crippen MR) is 36.0 cm³/mol. The van der Waals surface area contributed by atoms with E-state index in [2.05, 4.69) is 13.8 Å². The van der Waals surface area contributed by atoms with Crippen LogP contribution < -0.4 is 0 Å². The first-order valence-corrected chi connectivity index (χ1v) is 3.12. The molecule has 0 atom stereocenters. The van der Waals surface area contributed by atoms with E-state index in [4.69, 9.17) is 4.74 Å². The van der Waals surface area contributed by atoms with Crippen LogP contribution >= 0.6 is 0 Å². The highest BCUT2D eigenvalue weighted by Gasteiger charge is 1.91. The highest BCUT2D eigenvalue weighted by Crippen LogP contribution is 1.91. The molecule has 0 heterocycles. The van der Waals surface area contributed by atoms with Crippen molar-refractivity contribution < 1.29 is 9.53 Å². The van der Waals surface area contributed by atoms with Crippen LogP contribution in [0.2, 0.25) is 0 Å². The molecule has 9 heavy (non-hydrogen) atoms. The summed E-state index contributed by atoms with van der Waals surface area (Å²) >= 11 is 0. The van der Waals surface area contributed by atoms with Gasteiger partial charge in [0.2, 0.25) is 0 Å². The van der Waals surface area contributed by atoms with E-state index in [-0.39, 0.29) is 0 Å². The monoisotopic (exact) mass is 129 g/mol.